The number of aryl methyl sites for hydroxylation is 1. The van der Waals surface area contributed by atoms with Crippen molar-refractivity contribution in [3.8, 4) is 0 Å². The Kier molecular flexibility index (Phi) is 9.86. The molecule has 0 aromatic heterocycles. The summed E-state index contributed by atoms with van der Waals surface area (Å²) in [6.07, 6.45) is -3.36. The molecule has 1 unspecified atom stereocenters. The van der Waals surface area contributed by atoms with Gasteiger partial charge in [-0.1, -0.05) is 29.8 Å². The number of likely N-dealkylation sites (tertiary alicyclic amines) is 1. The van der Waals surface area contributed by atoms with E-state index in [9.17, 15) is 13.2 Å². The molecule has 1 aromatic rings. The first-order valence-electron chi connectivity index (χ1n) is 9.11. The van der Waals surface area contributed by atoms with Gasteiger partial charge in [0.05, 0.1) is 6.54 Å². The summed E-state index contributed by atoms with van der Waals surface area (Å²) in [5, 5.41) is 3.27. The summed E-state index contributed by atoms with van der Waals surface area (Å²) in [6, 6.07) is 8.37. The van der Waals surface area contributed by atoms with E-state index in [1.165, 1.54) is 16.0 Å². The van der Waals surface area contributed by atoms with Gasteiger partial charge in [0.1, 0.15) is 0 Å². The number of nitrogens with one attached hydrogen (secondary N) is 1. The van der Waals surface area contributed by atoms with Crippen LogP contribution in [0.4, 0.5) is 13.2 Å². The SMILES string of the molecule is CCNC(=NCC1CCN(CC(F)(F)F)C1)N(C)Cc1ccc(C)cc1.I. The van der Waals surface area contributed by atoms with Gasteiger partial charge in [-0.2, -0.15) is 13.2 Å². The second-order valence-electron chi connectivity index (χ2n) is 7.04. The fourth-order valence-corrected chi connectivity index (χ4v) is 3.19. The van der Waals surface area contributed by atoms with Gasteiger partial charge in [0.15, 0.2) is 5.96 Å². The molecule has 1 heterocycles. The molecule has 154 valence electrons. The summed E-state index contributed by atoms with van der Waals surface area (Å²) in [5.41, 5.74) is 2.42. The Morgan fingerprint density at radius 1 is 1.30 bits per heavy atom. The maximum Gasteiger partial charge on any atom is 0.401 e. The minimum atomic E-state index is -4.12. The second kappa shape index (κ2) is 11.1. The number of hydrogen-bond donors (Lipinski definition) is 1. The second-order valence-corrected chi connectivity index (χ2v) is 7.04. The third-order valence-electron chi connectivity index (χ3n) is 4.51. The van der Waals surface area contributed by atoms with Crippen molar-refractivity contribution in [1.29, 1.82) is 0 Å². The maximum absolute atomic E-state index is 12.5. The summed E-state index contributed by atoms with van der Waals surface area (Å²) in [7, 11) is 1.98. The van der Waals surface area contributed by atoms with Crippen molar-refractivity contribution in [2.24, 2.45) is 10.9 Å². The molecule has 8 heteroatoms. The standard InChI is InChI=1S/C19H29F3N4.HI/c1-4-23-18(25(3)12-16-7-5-15(2)6-8-16)24-11-17-9-10-26(13-17)14-19(20,21)22;/h5-8,17H,4,9-14H2,1-3H3,(H,23,24);1H. The molecule has 0 saturated carbocycles. The number of aliphatic imine (C=N–C) groups is 1. The third kappa shape index (κ3) is 8.68. The number of halogens is 4. The van der Waals surface area contributed by atoms with Gasteiger partial charge in [-0.15, -0.1) is 24.0 Å². The minimum Gasteiger partial charge on any atom is -0.357 e. The first-order valence-corrected chi connectivity index (χ1v) is 9.11. The van der Waals surface area contributed by atoms with E-state index in [1.807, 2.05) is 14.0 Å². The first-order chi connectivity index (χ1) is 12.3. The van der Waals surface area contributed by atoms with Gasteiger partial charge in [-0.05, 0) is 38.3 Å². The lowest BCUT2D eigenvalue weighted by atomic mass is 10.1. The fourth-order valence-electron chi connectivity index (χ4n) is 3.19. The number of alkyl halides is 3. The molecule has 1 atom stereocenters. The van der Waals surface area contributed by atoms with Crippen LogP contribution in [0.25, 0.3) is 0 Å². The highest BCUT2D eigenvalue weighted by atomic mass is 127. The number of rotatable bonds is 6. The molecule has 0 radical (unpaired) electrons. The molecule has 1 aliphatic rings. The molecule has 1 aliphatic heterocycles. The van der Waals surface area contributed by atoms with Crippen LogP contribution in [0.1, 0.15) is 24.5 Å². The normalized spacial score (nSPS) is 18.3. The molecule has 4 nitrogen and oxygen atoms in total. The van der Waals surface area contributed by atoms with Crippen molar-refractivity contribution < 1.29 is 13.2 Å². The zero-order chi connectivity index (χ0) is 19.2. The molecule has 1 aromatic carbocycles. The molecule has 0 aliphatic carbocycles. The van der Waals surface area contributed by atoms with E-state index in [1.54, 1.807) is 0 Å². The van der Waals surface area contributed by atoms with Gasteiger partial charge in [-0.25, -0.2) is 0 Å². The van der Waals surface area contributed by atoms with E-state index >= 15 is 0 Å². The fraction of sp³-hybridized carbons (Fsp3) is 0.632. The molecule has 2 rings (SSSR count). The van der Waals surface area contributed by atoms with E-state index in [0.717, 1.165) is 25.5 Å². The van der Waals surface area contributed by atoms with E-state index in [2.05, 4.69) is 46.4 Å². The van der Waals surface area contributed by atoms with Crippen LogP contribution in [-0.4, -0.2) is 61.7 Å². The Labute approximate surface area is 177 Å². The van der Waals surface area contributed by atoms with Crippen molar-refractivity contribution >= 4 is 29.9 Å². The zero-order valence-electron chi connectivity index (χ0n) is 16.2. The quantitative estimate of drug-likeness (QED) is 0.367. The molecule has 1 N–H and O–H groups in total. The van der Waals surface area contributed by atoms with Crippen LogP contribution >= 0.6 is 24.0 Å². The summed E-state index contributed by atoms with van der Waals surface area (Å²) in [5.74, 6) is 0.973. The van der Waals surface area contributed by atoms with Crippen molar-refractivity contribution in [3.63, 3.8) is 0 Å². The number of benzene rings is 1. The predicted octanol–water partition coefficient (Wildman–Crippen LogP) is 3.89. The largest absolute Gasteiger partial charge is 0.401 e. The van der Waals surface area contributed by atoms with E-state index in [0.29, 0.717) is 19.6 Å². The van der Waals surface area contributed by atoms with Crippen LogP contribution < -0.4 is 5.32 Å². The van der Waals surface area contributed by atoms with Gasteiger partial charge in [0.25, 0.3) is 0 Å². The molecule has 27 heavy (non-hydrogen) atoms. The van der Waals surface area contributed by atoms with E-state index in [-0.39, 0.29) is 29.9 Å². The Balaban J connectivity index is 0.00000364. The van der Waals surface area contributed by atoms with Crippen molar-refractivity contribution in [1.82, 2.24) is 15.1 Å². The van der Waals surface area contributed by atoms with E-state index < -0.39 is 12.7 Å². The highest BCUT2D eigenvalue weighted by Crippen LogP contribution is 2.23. The number of nitrogens with zero attached hydrogens (tertiary/aromatic N) is 3. The Morgan fingerprint density at radius 3 is 2.56 bits per heavy atom. The number of guanidine groups is 1. The molecule has 0 amide bonds. The van der Waals surface area contributed by atoms with Crippen LogP contribution in [0.5, 0.6) is 0 Å². The lowest BCUT2D eigenvalue weighted by Gasteiger charge is -2.23. The zero-order valence-corrected chi connectivity index (χ0v) is 18.6. The predicted molar refractivity (Wildman–Crippen MR) is 115 cm³/mol. The maximum atomic E-state index is 12.5. The summed E-state index contributed by atoms with van der Waals surface area (Å²) in [6.45, 7) is 6.24. The summed E-state index contributed by atoms with van der Waals surface area (Å²) < 4.78 is 37.5. The van der Waals surface area contributed by atoms with Gasteiger partial charge < -0.3 is 10.2 Å². The summed E-state index contributed by atoms with van der Waals surface area (Å²) >= 11 is 0. The molecule has 1 fully saturated rings. The average molecular weight is 498 g/mol. The Bertz CT molecular complexity index is 590. The van der Waals surface area contributed by atoms with Gasteiger partial charge in [0.2, 0.25) is 0 Å². The smallest absolute Gasteiger partial charge is 0.357 e. The summed E-state index contributed by atoms with van der Waals surface area (Å²) in [4.78, 5) is 8.19. The van der Waals surface area contributed by atoms with Gasteiger partial charge >= 0.3 is 6.18 Å². The highest BCUT2D eigenvalue weighted by Gasteiger charge is 2.34. The van der Waals surface area contributed by atoms with Crippen molar-refractivity contribution in [2.45, 2.75) is 33.0 Å². The van der Waals surface area contributed by atoms with Crippen LogP contribution in [0.15, 0.2) is 29.3 Å². The molecular formula is C19H30F3IN4. The van der Waals surface area contributed by atoms with Crippen molar-refractivity contribution in [3.05, 3.63) is 35.4 Å². The lowest BCUT2D eigenvalue weighted by molar-refractivity contribution is -0.143. The average Bonchev–Trinajstić information content (AvgIpc) is 2.99. The molecule has 1 saturated heterocycles. The molecule has 0 spiro atoms. The lowest BCUT2D eigenvalue weighted by Crippen LogP contribution is -2.39. The van der Waals surface area contributed by atoms with Crippen LogP contribution in [0.2, 0.25) is 0 Å². The van der Waals surface area contributed by atoms with E-state index in [4.69, 9.17) is 0 Å². The van der Waals surface area contributed by atoms with Crippen molar-refractivity contribution in [2.75, 3.05) is 39.8 Å². The molecule has 0 bridgehead atoms. The topological polar surface area (TPSA) is 30.9 Å². The highest BCUT2D eigenvalue weighted by molar-refractivity contribution is 14.0. The molecular weight excluding hydrogens is 468 g/mol. The monoisotopic (exact) mass is 498 g/mol. The number of hydrogen-bond acceptors (Lipinski definition) is 2. The first kappa shape index (κ1) is 24.0. The van der Waals surface area contributed by atoms with Crippen LogP contribution in [0.3, 0.4) is 0 Å². The minimum absolute atomic E-state index is 0. The van der Waals surface area contributed by atoms with Gasteiger partial charge in [-0.3, -0.25) is 9.89 Å². The van der Waals surface area contributed by atoms with Crippen LogP contribution in [-0.2, 0) is 6.54 Å². The Hall–Kier alpha value is -1.03. The Morgan fingerprint density at radius 2 is 1.96 bits per heavy atom. The van der Waals surface area contributed by atoms with Crippen LogP contribution in [0, 0.1) is 12.8 Å². The third-order valence-corrected chi connectivity index (χ3v) is 4.51. The van der Waals surface area contributed by atoms with Gasteiger partial charge in [0, 0.05) is 33.2 Å².